The molecular weight excluding hydrogens is 238 g/mol. The first kappa shape index (κ1) is 13.9. The van der Waals surface area contributed by atoms with Crippen LogP contribution in [0.4, 0.5) is 5.13 Å². The van der Waals surface area contributed by atoms with Gasteiger partial charge in [0.25, 0.3) is 0 Å². The van der Waals surface area contributed by atoms with Crippen molar-refractivity contribution in [2.45, 2.75) is 33.1 Å². The summed E-state index contributed by atoms with van der Waals surface area (Å²) in [6.45, 7) is 8.59. The van der Waals surface area contributed by atoms with Crippen molar-refractivity contribution in [2.75, 3.05) is 19.0 Å². The largest absolute Gasteiger partial charge is 0.469 e. The quantitative estimate of drug-likeness (QED) is 0.836. The van der Waals surface area contributed by atoms with E-state index in [0.29, 0.717) is 6.54 Å². The van der Waals surface area contributed by atoms with Gasteiger partial charge in [-0.1, -0.05) is 39.0 Å². The smallest absolute Gasteiger partial charge is 0.310 e. The number of carbonyl (C=O) groups excluding carboxylic acids is 1. The zero-order valence-electron chi connectivity index (χ0n) is 10.9. The second-order valence-electron chi connectivity index (χ2n) is 4.97. The summed E-state index contributed by atoms with van der Waals surface area (Å²) >= 11 is 1.52. The highest BCUT2D eigenvalue weighted by atomic mass is 32.1. The van der Waals surface area contributed by atoms with Crippen molar-refractivity contribution in [3.63, 3.8) is 0 Å². The zero-order chi connectivity index (χ0) is 13.1. The maximum Gasteiger partial charge on any atom is 0.310 e. The van der Waals surface area contributed by atoms with E-state index in [0.717, 1.165) is 10.1 Å². The van der Waals surface area contributed by atoms with Crippen molar-refractivity contribution in [3.8, 4) is 0 Å². The van der Waals surface area contributed by atoms with Crippen molar-refractivity contribution < 1.29 is 9.53 Å². The SMILES string of the molecule is COC(=O)C(C)CNc1nnc(C(C)(C)C)s1. The number of hydrogen-bond acceptors (Lipinski definition) is 6. The van der Waals surface area contributed by atoms with Gasteiger partial charge in [0.2, 0.25) is 5.13 Å². The Bertz CT molecular complexity index is 384. The van der Waals surface area contributed by atoms with Gasteiger partial charge < -0.3 is 10.1 Å². The van der Waals surface area contributed by atoms with E-state index >= 15 is 0 Å². The molecule has 5 nitrogen and oxygen atoms in total. The maximum atomic E-state index is 11.2. The average molecular weight is 257 g/mol. The van der Waals surface area contributed by atoms with Crippen LogP contribution in [0.2, 0.25) is 0 Å². The zero-order valence-corrected chi connectivity index (χ0v) is 11.7. The number of anilines is 1. The Morgan fingerprint density at radius 1 is 1.47 bits per heavy atom. The molecule has 0 bridgehead atoms. The first-order valence-corrected chi connectivity index (χ1v) is 6.32. The van der Waals surface area contributed by atoms with Gasteiger partial charge in [0.1, 0.15) is 5.01 Å². The first-order chi connectivity index (χ1) is 7.84. The molecule has 0 aliphatic rings. The highest BCUT2D eigenvalue weighted by Crippen LogP contribution is 2.27. The minimum absolute atomic E-state index is 0.00552. The lowest BCUT2D eigenvalue weighted by Gasteiger charge is -2.12. The van der Waals surface area contributed by atoms with Crippen LogP contribution in [0.25, 0.3) is 0 Å². The first-order valence-electron chi connectivity index (χ1n) is 5.50. The fourth-order valence-electron chi connectivity index (χ4n) is 1.12. The van der Waals surface area contributed by atoms with E-state index in [9.17, 15) is 4.79 Å². The highest BCUT2D eigenvalue weighted by Gasteiger charge is 2.20. The van der Waals surface area contributed by atoms with Gasteiger partial charge in [-0.15, -0.1) is 10.2 Å². The van der Waals surface area contributed by atoms with E-state index in [4.69, 9.17) is 0 Å². The molecule has 1 aromatic heterocycles. The lowest BCUT2D eigenvalue weighted by atomic mass is 9.98. The third-order valence-electron chi connectivity index (χ3n) is 2.23. The van der Waals surface area contributed by atoms with E-state index in [2.05, 4.69) is 41.0 Å². The molecule has 0 saturated carbocycles. The van der Waals surface area contributed by atoms with Gasteiger partial charge in [-0.2, -0.15) is 0 Å². The molecule has 1 rings (SSSR count). The molecule has 0 aliphatic heterocycles. The van der Waals surface area contributed by atoms with Crippen LogP contribution < -0.4 is 5.32 Å². The van der Waals surface area contributed by atoms with Crippen molar-refractivity contribution in [2.24, 2.45) is 5.92 Å². The molecule has 96 valence electrons. The van der Waals surface area contributed by atoms with Crippen LogP contribution in [0.1, 0.15) is 32.7 Å². The topological polar surface area (TPSA) is 64.1 Å². The average Bonchev–Trinajstić information content (AvgIpc) is 2.72. The summed E-state index contributed by atoms with van der Waals surface area (Å²) in [7, 11) is 1.39. The molecule has 0 amide bonds. The van der Waals surface area contributed by atoms with Crippen LogP contribution in [-0.4, -0.2) is 29.8 Å². The molecule has 6 heteroatoms. The fourth-order valence-corrected chi connectivity index (χ4v) is 1.93. The maximum absolute atomic E-state index is 11.2. The third-order valence-corrected chi connectivity index (χ3v) is 3.54. The van der Waals surface area contributed by atoms with E-state index in [1.807, 2.05) is 6.92 Å². The minimum Gasteiger partial charge on any atom is -0.469 e. The van der Waals surface area contributed by atoms with E-state index in [1.54, 1.807) is 0 Å². The standard InChI is InChI=1S/C11H19N3O2S/c1-7(8(15)16-5)6-12-10-14-13-9(17-10)11(2,3)4/h7H,6H2,1-5H3,(H,12,14). The number of nitrogens with zero attached hydrogens (tertiary/aromatic N) is 2. The number of esters is 1. The molecular formula is C11H19N3O2S. The van der Waals surface area contributed by atoms with Crippen LogP contribution in [0, 0.1) is 5.92 Å². The second kappa shape index (κ2) is 5.44. The number of hydrogen-bond donors (Lipinski definition) is 1. The predicted molar refractivity (Wildman–Crippen MR) is 68.3 cm³/mol. The lowest BCUT2D eigenvalue weighted by Crippen LogP contribution is -2.21. The summed E-state index contributed by atoms with van der Waals surface area (Å²) in [6, 6.07) is 0. The highest BCUT2D eigenvalue weighted by molar-refractivity contribution is 7.15. The van der Waals surface area contributed by atoms with Gasteiger partial charge >= 0.3 is 5.97 Å². The summed E-state index contributed by atoms with van der Waals surface area (Å²) in [5.41, 5.74) is 0.00552. The number of nitrogens with one attached hydrogen (secondary N) is 1. The Morgan fingerprint density at radius 3 is 2.59 bits per heavy atom. The van der Waals surface area contributed by atoms with Gasteiger partial charge in [-0.25, -0.2) is 0 Å². The number of rotatable bonds is 4. The van der Waals surface area contributed by atoms with Crippen LogP contribution in [-0.2, 0) is 14.9 Å². The molecule has 1 unspecified atom stereocenters. The van der Waals surface area contributed by atoms with Gasteiger partial charge in [-0.05, 0) is 0 Å². The molecule has 1 N–H and O–H groups in total. The Morgan fingerprint density at radius 2 is 2.12 bits per heavy atom. The van der Waals surface area contributed by atoms with Crippen molar-refractivity contribution in [1.82, 2.24) is 10.2 Å². The number of aromatic nitrogens is 2. The summed E-state index contributed by atoms with van der Waals surface area (Å²) in [6.07, 6.45) is 0. The van der Waals surface area contributed by atoms with E-state index in [1.165, 1.54) is 18.4 Å². The van der Waals surface area contributed by atoms with Crippen molar-refractivity contribution in [1.29, 1.82) is 0 Å². The van der Waals surface area contributed by atoms with Gasteiger partial charge in [-0.3, -0.25) is 4.79 Å². The molecule has 0 saturated heterocycles. The predicted octanol–water partition coefficient (Wildman–Crippen LogP) is 2.06. The van der Waals surface area contributed by atoms with Gasteiger partial charge in [0, 0.05) is 12.0 Å². The molecule has 1 heterocycles. The second-order valence-corrected chi connectivity index (χ2v) is 5.94. The monoisotopic (exact) mass is 257 g/mol. The van der Waals surface area contributed by atoms with Crippen LogP contribution in [0.5, 0.6) is 0 Å². The number of carbonyl (C=O) groups is 1. The number of methoxy groups -OCH3 is 1. The Kier molecular flexibility index (Phi) is 4.45. The fraction of sp³-hybridized carbons (Fsp3) is 0.727. The molecule has 0 aliphatic carbocycles. The summed E-state index contributed by atoms with van der Waals surface area (Å²) in [5.74, 6) is -0.417. The third kappa shape index (κ3) is 3.96. The number of ether oxygens (including phenoxy) is 1. The van der Waals surface area contributed by atoms with Crippen LogP contribution in [0.15, 0.2) is 0 Å². The van der Waals surface area contributed by atoms with Gasteiger partial charge in [0.05, 0.1) is 13.0 Å². The van der Waals surface area contributed by atoms with Crippen molar-refractivity contribution >= 4 is 22.4 Å². The molecule has 17 heavy (non-hydrogen) atoms. The summed E-state index contributed by atoms with van der Waals surface area (Å²) < 4.78 is 4.65. The molecule has 1 atom stereocenters. The summed E-state index contributed by atoms with van der Waals surface area (Å²) in [4.78, 5) is 11.2. The molecule has 0 spiro atoms. The van der Waals surface area contributed by atoms with E-state index in [-0.39, 0.29) is 17.3 Å². The molecule has 0 radical (unpaired) electrons. The van der Waals surface area contributed by atoms with Crippen molar-refractivity contribution in [3.05, 3.63) is 5.01 Å². The Balaban J connectivity index is 2.53. The molecule has 1 aromatic rings. The molecule has 0 fully saturated rings. The Hall–Kier alpha value is -1.17. The van der Waals surface area contributed by atoms with Gasteiger partial charge in [0.15, 0.2) is 0 Å². The Labute approximate surface area is 106 Å². The summed E-state index contributed by atoms with van der Waals surface area (Å²) in [5, 5.41) is 13.0. The normalized spacial score (nSPS) is 13.2. The molecule has 0 aromatic carbocycles. The minimum atomic E-state index is -0.224. The van der Waals surface area contributed by atoms with Crippen LogP contribution in [0.3, 0.4) is 0 Å². The van der Waals surface area contributed by atoms with E-state index < -0.39 is 0 Å². The lowest BCUT2D eigenvalue weighted by molar-refractivity contribution is -0.144. The van der Waals surface area contributed by atoms with Crippen LogP contribution >= 0.6 is 11.3 Å².